The van der Waals surface area contributed by atoms with Crippen LogP contribution in [0.1, 0.15) is 37.3 Å². The van der Waals surface area contributed by atoms with Gasteiger partial charge in [-0.2, -0.15) is 13.2 Å². The number of carbonyl (C=O) groups is 2. The summed E-state index contributed by atoms with van der Waals surface area (Å²) in [5.41, 5.74) is -0.701. The second-order valence-corrected chi connectivity index (χ2v) is 7.42. The maximum atomic E-state index is 12.8. The van der Waals surface area contributed by atoms with Gasteiger partial charge in [0.2, 0.25) is 11.8 Å². The van der Waals surface area contributed by atoms with E-state index in [0.717, 1.165) is 24.6 Å². The van der Waals surface area contributed by atoms with Crippen molar-refractivity contribution >= 4 is 29.5 Å². The highest BCUT2D eigenvalue weighted by molar-refractivity contribution is 6.32. The molecule has 1 aliphatic heterocycles. The molecular formula is C21H26ClF3N2O3. The van der Waals surface area contributed by atoms with Crippen molar-refractivity contribution in [2.24, 2.45) is 5.92 Å². The Labute approximate surface area is 179 Å². The molecule has 166 valence electrons. The zero-order valence-corrected chi connectivity index (χ0v) is 17.6. The first kappa shape index (κ1) is 24.2. The molecule has 5 nitrogen and oxygen atoms in total. The Morgan fingerprint density at radius 3 is 2.63 bits per heavy atom. The summed E-state index contributed by atoms with van der Waals surface area (Å²) in [6.07, 6.45) is -0.141. The molecule has 0 radical (unpaired) electrons. The van der Waals surface area contributed by atoms with E-state index in [1.54, 1.807) is 4.90 Å². The summed E-state index contributed by atoms with van der Waals surface area (Å²) in [5.74, 6) is -0.494. The number of hydrogen-bond acceptors (Lipinski definition) is 3. The Bertz CT molecular complexity index is 760. The zero-order valence-electron chi connectivity index (χ0n) is 16.8. The Kier molecular flexibility index (Phi) is 9.17. The smallest absolute Gasteiger partial charge is 0.382 e. The number of halogens is 4. The highest BCUT2D eigenvalue weighted by atomic mass is 35.5. The van der Waals surface area contributed by atoms with Crippen LogP contribution >= 0.6 is 11.6 Å². The average Bonchev–Trinajstić information content (AvgIpc) is 2.72. The van der Waals surface area contributed by atoms with Crippen LogP contribution in [0.4, 0.5) is 13.2 Å². The second kappa shape index (κ2) is 11.4. The lowest BCUT2D eigenvalue weighted by atomic mass is 9.95. The predicted molar refractivity (Wildman–Crippen MR) is 109 cm³/mol. The van der Waals surface area contributed by atoms with E-state index in [-0.39, 0.29) is 28.3 Å². The number of carbonyl (C=O) groups excluding carboxylic acids is 2. The molecule has 1 heterocycles. The van der Waals surface area contributed by atoms with Gasteiger partial charge in [-0.15, -0.1) is 0 Å². The monoisotopic (exact) mass is 446 g/mol. The minimum absolute atomic E-state index is 0.0233. The van der Waals surface area contributed by atoms with E-state index in [1.807, 2.05) is 6.92 Å². The first-order valence-electron chi connectivity index (χ1n) is 9.91. The van der Waals surface area contributed by atoms with Crippen molar-refractivity contribution in [1.82, 2.24) is 10.2 Å². The summed E-state index contributed by atoms with van der Waals surface area (Å²) in [6, 6.07) is 2.97. The first-order valence-corrected chi connectivity index (χ1v) is 10.3. The van der Waals surface area contributed by atoms with Crippen molar-refractivity contribution in [3.05, 3.63) is 40.4 Å². The van der Waals surface area contributed by atoms with Gasteiger partial charge in [-0.05, 0) is 56.0 Å². The molecule has 2 amide bonds. The number of likely N-dealkylation sites (tertiary alicyclic amines) is 1. The Balaban J connectivity index is 1.84. The summed E-state index contributed by atoms with van der Waals surface area (Å²) >= 11 is 5.94. The van der Waals surface area contributed by atoms with Crippen molar-refractivity contribution < 1.29 is 27.5 Å². The number of rotatable bonds is 8. The maximum absolute atomic E-state index is 12.8. The molecule has 0 spiro atoms. The molecule has 1 aliphatic rings. The third-order valence-corrected chi connectivity index (χ3v) is 5.22. The van der Waals surface area contributed by atoms with E-state index in [9.17, 15) is 22.8 Å². The van der Waals surface area contributed by atoms with Crippen LogP contribution in [0, 0.1) is 5.92 Å². The number of nitrogens with zero attached hydrogens (tertiary/aromatic N) is 1. The van der Waals surface area contributed by atoms with Gasteiger partial charge in [0.1, 0.15) is 0 Å². The highest BCUT2D eigenvalue weighted by Gasteiger charge is 2.31. The van der Waals surface area contributed by atoms with Gasteiger partial charge in [-0.3, -0.25) is 9.59 Å². The first-order chi connectivity index (χ1) is 14.2. The Hall–Kier alpha value is -2.06. The molecule has 9 heteroatoms. The Morgan fingerprint density at radius 2 is 2.00 bits per heavy atom. The van der Waals surface area contributed by atoms with E-state index in [4.69, 9.17) is 16.3 Å². The fourth-order valence-corrected chi connectivity index (χ4v) is 3.33. The number of ether oxygens (including phenoxy) is 1. The summed E-state index contributed by atoms with van der Waals surface area (Å²) in [5, 5.41) is 3.01. The van der Waals surface area contributed by atoms with Crippen LogP contribution in [-0.2, 0) is 20.5 Å². The molecule has 0 unspecified atom stereocenters. The summed E-state index contributed by atoms with van der Waals surface area (Å²) < 4.78 is 43.7. The lowest BCUT2D eigenvalue weighted by Crippen LogP contribution is -2.42. The minimum Gasteiger partial charge on any atom is -0.382 e. The number of benzene rings is 1. The summed E-state index contributed by atoms with van der Waals surface area (Å²) in [6.45, 7) is 4.55. The van der Waals surface area contributed by atoms with E-state index < -0.39 is 11.7 Å². The molecule has 30 heavy (non-hydrogen) atoms. The van der Waals surface area contributed by atoms with Crippen LogP contribution in [0.15, 0.2) is 24.3 Å². The number of piperidine rings is 1. The topological polar surface area (TPSA) is 58.6 Å². The van der Waals surface area contributed by atoms with Crippen LogP contribution in [0.5, 0.6) is 0 Å². The largest absolute Gasteiger partial charge is 0.416 e. The number of amides is 2. The van der Waals surface area contributed by atoms with Gasteiger partial charge >= 0.3 is 6.18 Å². The van der Waals surface area contributed by atoms with Crippen LogP contribution in [0.3, 0.4) is 0 Å². The molecule has 1 N–H and O–H groups in total. The number of hydrogen-bond donors (Lipinski definition) is 1. The van der Waals surface area contributed by atoms with Gasteiger partial charge in [0, 0.05) is 49.9 Å². The van der Waals surface area contributed by atoms with Crippen LogP contribution in [0.25, 0.3) is 6.08 Å². The van der Waals surface area contributed by atoms with Crippen molar-refractivity contribution in [2.45, 2.75) is 32.4 Å². The maximum Gasteiger partial charge on any atom is 0.416 e. The third-order valence-electron chi connectivity index (χ3n) is 4.88. The molecule has 0 atom stereocenters. The van der Waals surface area contributed by atoms with Gasteiger partial charge in [-0.25, -0.2) is 0 Å². The molecular weight excluding hydrogens is 421 g/mol. The summed E-state index contributed by atoms with van der Waals surface area (Å²) in [7, 11) is 0. The van der Waals surface area contributed by atoms with Crippen molar-refractivity contribution in [1.29, 1.82) is 0 Å². The van der Waals surface area contributed by atoms with E-state index >= 15 is 0 Å². The third kappa shape index (κ3) is 7.32. The average molecular weight is 447 g/mol. The molecule has 0 aliphatic carbocycles. The van der Waals surface area contributed by atoms with Gasteiger partial charge < -0.3 is 15.0 Å². The molecule has 0 aromatic heterocycles. The standard InChI is InChI=1S/C21H26ClF3N2O3/c1-2-30-13-3-10-26-20(29)15-8-11-27(12-9-15)19(28)7-4-16-14-17(21(23,24)25)5-6-18(16)22/h4-7,14-15H,2-3,8-13H2,1H3,(H,26,29)/b7-4+. The van der Waals surface area contributed by atoms with Crippen molar-refractivity contribution in [3.8, 4) is 0 Å². The highest BCUT2D eigenvalue weighted by Crippen LogP contribution is 2.32. The molecule has 0 saturated carbocycles. The normalized spacial score (nSPS) is 15.6. The Morgan fingerprint density at radius 1 is 1.30 bits per heavy atom. The van der Waals surface area contributed by atoms with E-state index in [2.05, 4.69) is 5.32 Å². The molecule has 1 fully saturated rings. The fourth-order valence-electron chi connectivity index (χ4n) is 3.15. The van der Waals surface area contributed by atoms with E-state index in [0.29, 0.717) is 45.7 Å². The van der Waals surface area contributed by atoms with E-state index in [1.165, 1.54) is 12.2 Å². The van der Waals surface area contributed by atoms with Gasteiger partial charge in [0.25, 0.3) is 0 Å². The van der Waals surface area contributed by atoms with Crippen molar-refractivity contribution in [2.75, 3.05) is 32.8 Å². The molecule has 0 bridgehead atoms. The SMILES string of the molecule is CCOCCCNC(=O)C1CCN(C(=O)/C=C/c2cc(C(F)(F)F)ccc2Cl)CC1. The summed E-state index contributed by atoms with van der Waals surface area (Å²) in [4.78, 5) is 26.1. The van der Waals surface area contributed by atoms with Gasteiger partial charge in [0.15, 0.2) is 0 Å². The number of nitrogens with one attached hydrogen (secondary N) is 1. The minimum atomic E-state index is -4.48. The quantitative estimate of drug-likeness (QED) is 0.482. The molecule has 1 aromatic rings. The lowest BCUT2D eigenvalue weighted by molar-refractivity contribution is -0.137. The molecule has 1 saturated heterocycles. The van der Waals surface area contributed by atoms with Crippen LogP contribution < -0.4 is 5.32 Å². The second-order valence-electron chi connectivity index (χ2n) is 7.01. The molecule has 1 aromatic carbocycles. The van der Waals surface area contributed by atoms with Gasteiger partial charge in [0.05, 0.1) is 5.56 Å². The van der Waals surface area contributed by atoms with Crippen molar-refractivity contribution in [3.63, 3.8) is 0 Å². The fraction of sp³-hybridized carbons (Fsp3) is 0.524. The van der Waals surface area contributed by atoms with Crippen LogP contribution in [0.2, 0.25) is 5.02 Å². The van der Waals surface area contributed by atoms with Crippen LogP contribution in [-0.4, -0.2) is 49.6 Å². The predicted octanol–water partition coefficient (Wildman–Crippen LogP) is 4.15. The zero-order chi connectivity index (χ0) is 22.1. The molecule has 2 rings (SSSR count). The lowest BCUT2D eigenvalue weighted by Gasteiger charge is -2.30. The van der Waals surface area contributed by atoms with Gasteiger partial charge in [-0.1, -0.05) is 11.6 Å². The number of alkyl halides is 3.